The number of nitrogens with one attached hydrogen (secondary N) is 1. The number of nitrogens with zero attached hydrogens (tertiary/aromatic N) is 4. The van der Waals surface area contributed by atoms with E-state index >= 15 is 0 Å². The molecule has 3 rings (SSSR count). The largest absolute Gasteiger partial charge is 0.380 e. The summed E-state index contributed by atoms with van der Waals surface area (Å²) in [6.07, 6.45) is 5.28. The number of ether oxygens (including phenoxy) is 1. The quantitative estimate of drug-likeness (QED) is 0.447. The average molecular weight is 433 g/mol. The van der Waals surface area contributed by atoms with Crippen molar-refractivity contribution in [3.05, 3.63) is 18.0 Å². The minimum atomic E-state index is 0. The van der Waals surface area contributed by atoms with Crippen LogP contribution in [0.5, 0.6) is 0 Å². The van der Waals surface area contributed by atoms with Gasteiger partial charge < -0.3 is 15.0 Å². The van der Waals surface area contributed by atoms with E-state index in [1.54, 1.807) is 0 Å². The van der Waals surface area contributed by atoms with E-state index in [-0.39, 0.29) is 29.4 Å². The zero-order chi connectivity index (χ0) is 15.6. The number of likely N-dealkylation sites (tertiary alicyclic amines) is 1. The fourth-order valence-electron chi connectivity index (χ4n) is 3.11. The summed E-state index contributed by atoms with van der Waals surface area (Å²) in [7, 11) is 1.98. The molecule has 3 heterocycles. The minimum absolute atomic E-state index is 0. The minimum Gasteiger partial charge on any atom is -0.380 e. The lowest BCUT2D eigenvalue weighted by Gasteiger charge is -2.37. The van der Waals surface area contributed by atoms with Crippen LogP contribution in [0, 0.1) is 5.41 Å². The normalized spacial score (nSPS) is 23.3. The van der Waals surface area contributed by atoms with Crippen LogP contribution in [0.3, 0.4) is 0 Å². The first-order chi connectivity index (χ1) is 10.6. The molecule has 0 aliphatic carbocycles. The molecule has 2 aliphatic heterocycles. The van der Waals surface area contributed by atoms with Crippen LogP contribution in [0.25, 0.3) is 0 Å². The zero-order valence-corrected chi connectivity index (χ0v) is 16.6. The molecule has 0 aromatic carbocycles. The maximum absolute atomic E-state index is 5.32. The molecule has 6 nitrogen and oxygen atoms in total. The number of guanidine groups is 1. The van der Waals surface area contributed by atoms with E-state index in [0.29, 0.717) is 5.92 Å². The highest BCUT2D eigenvalue weighted by molar-refractivity contribution is 14.0. The Balaban J connectivity index is 0.00000192. The molecule has 1 aromatic rings. The van der Waals surface area contributed by atoms with E-state index in [9.17, 15) is 0 Å². The van der Waals surface area contributed by atoms with Gasteiger partial charge in [-0.3, -0.25) is 9.67 Å². The Morgan fingerprint density at radius 2 is 2.30 bits per heavy atom. The molecule has 0 bridgehead atoms. The molecule has 1 aromatic heterocycles. The van der Waals surface area contributed by atoms with Crippen LogP contribution in [-0.4, -0.2) is 60.0 Å². The third-order valence-electron chi connectivity index (χ3n) is 4.53. The summed E-state index contributed by atoms with van der Waals surface area (Å²) in [6.45, 7) is 9.83. The van der Waals surface area contributed by atoms with Crippen molar-refractivity contribution in [1.82, 2.24) is 20.0 Å². The SMILES string of the molecule is CCNC(=NCC1(C)COC1)N1CCC(c2cnn(C)c2)C1.I. The topological polar surface area (TPSA) is 54.7 Å². The number of rotatable bonds is 4. The van der Waals surface area contributed by atoms with Gasteiger partial charge in [0.15, 0.2) is 5.96 Å². The number of hydrogen-bond donors (Lipinski definition) is 1. The molecular weight excluding hydrogens is 405 g/mol. The van der Waals surface area contributed by atoms with Crippen LogP contribution in [0.4, 0.5) is 0 Å². The van der Waals surface area contributed by atoms with Crippen LogP contribution in [0.15, 0.2) is 17.4 Å². The van der Waals surface area contributed by atoms with Gasteiger partial charge in [-0.2, -0.15) is 5.10 Å². The van der Waals surface area contributed by atoms with Crippen LogP contribution in [-0.2, 0) is 11.8 Å². The van der Waals surface area contributed by atoms with Crippen molar-refractivity contribution < 1.29 is 4.74 Å². The van der Waals surface area contributed by atoms with Crippen molar-refractivity contribution in [3.63, 3.8) is 0 Å². The molecule has 2 saturated heterocycles. The first kappa shape index (κ1) is 18.5. The van der Waals surface area contributed by atoms with E-state index in [0.717, 1.165) is 51.8 Å². The van der Waals surface area contributed by atoms with Crippen LogP contribution >= 0.6 is 24.0 Å². The Hall–Kier alpha value is -0.830. The second kappa shape index (κ2) is 7.83. The fraction of sp³-hybridized carbons (Fsp3) is 0.750. The van der Waals surface area contributed by atoms with Crippen LogP contribution in [0.1, 0.15) is 31.7 Å². The molecule has 23 heavy (non-hydrogen) atoms. The molecule has 0 radical (unpaired) electrons. The summed E-state index contributed by atoms with van der Waals surface area (Å²) >= 11 is 0. The van der Waals surface area contributed by atoms with Gasteiger partial charge in [-0.15, -0.1) is 24.0 Å². The molecule has 0 saturated carbocycles. The first-order valence-electron chi connectivity index (χ1n) is 8.19. The van der Waals surface area contributed by atoms with E-state index < -0.39 is 0 Å². The van der Waals surface area contributed by atoms with Gasteiger partial charge >= 0.3 is 0 Å². The third kappa shape index (κ3) is 4.37. The molecule has 1 atom stereocenters. The van der Waals surface area contributed by atoms with Gasteiger partial charge in [0.05, 0.1) is 26.0 Å². The van der Waals surface area contributed by atoms with Crippen molar-refractivity contribution in [2.24, 2.45) is 17.5 Å². The zero-order valence-electron chi connectivity index (χ0n) is 14.3. The Bertz CT molecular complexity index is 540. The van der Waals surface area contributed by atoms with Gasteiger partial charge in [0, 0.05) is 44.2 Å². The molecule has 130 valence electrons. The lowest BCUT2D eigenvalue weighted by molar-refractivity contribution is -0.0945. The predicted octanol–water partition coefficient (Wildman–Crippen LogP) is 1.83. The van der Waals surface area contributed by atoms with E-state index in [1.807, 2.05) is 17.9 Å². The summed E-state index contributed by atoms with van der Waals surface area (Å²) in [5.74, 6) is 1.60. The summed E-state index contributed by atoms with van der Waals surface area (Å²) in [5, 5.41) is 7.73. The molecule has 0 amide bonds. The smallest absolute Gasteiger partial charge is 0.193 e. The van der Waals surface area contributed by atoms with Gasteiger partial charge in [-0.25, -0.2) is 0 Å². The number of aliphatic imine (C=N–C) groups is 1. The standard InChI is InChI=1S/C16H27N5O.HI/c1-4-17-15(18-10-16(2)11-22-12-16)21-6-5-13(9-21)14-7-19-20(3)8-14;/h7-8,13H,4-6,9-12H2,1-3H3,(H,17,18);1H. The van der Waals surface area contributed by atoms with Gasteiger partial charge in [-0.1, -0.05) is 6.92 Å². The van der Waals surface area contributed by atoms with Crippen LogP contribution < -0.4 is 5.32 Å². The predicted molar refractivity (Wildman–Crippen MR) is 102 cm³/mol. The Labute approximate surface area is 155 Å². The van der Waals surface area contributed by atoms with Gasteiger partial charge in [0.1, 0.15) is 0 Å². The van der Waals surface area contributed by atoms with Gasteiger partial charge in [0.2, 0.25) is 0 Å². The second-order valence-electron chi connectivity index (χ2n) is 6.85. The van der Waals surface area contributed by atoms with Crippen molar-refractivity contribution in [2.45, 2.75) is 26.2 Å². The highest BCUT2D eigenvalue weighted by Crippen LogP contribution is 2.28. The number of aromatic nitrogens is 2. The third-order valence-corrected chi connectivity index (χ3v) is 4.53. The lowest BCUT2D eigenvalue weighted by atomic mass is 9.89. The molecule has 2 aliphatic rings. The molecule has 1 unspecified atom stereocenters. The Kier molecular flexibility index (Phi) is 6.30. The second-order valence-corrected chi connectivity index (χ2v) is 6.85. The lowest BCUT2D eigenvalue weighted by Crippen LogP contribution is -2.45. The fourth-order valence-corrected chi connectivity index (χ4v) is 3.11. The van der Waals surface area contributed by atoms with Gasteiger partial charge in [-0.05, 0) is 18.9 Å². The number of halogens is 1. The molecular formula is C16H28IN5O. The highest BCUT2D eigenvalue weighted by atomic mass is 127. The highest BCUT2D eigenvalue weighted by Gasteiger charge is 2.34. The average Bonchev–Trinajstić information content (AvgIpc) is 3.10. The number of hydrogen-bond acceptors (Lipinski definition) is 3. The maximum Gasteiger partial charge on any atom is 0.193 e. The van der Waals surface area contributed by atoms with E-state index in [1.165, 1.54) is 5.56 Å². The van der Waals surface area contributed by atoms with Crippen molar-refractivity contribution in [1.29, 1.82) is 0 Å². The van der Waals surface area contributed by atoms with Gasteiger partial charge in [0.25, 0.3) is 0 Å². The summed E-state index contributed by atoms with van der Waals surface area (Å²) in [5.41, 5.74) is 1.56. The molecule has 7 heteroatoms. The Morgan fingerprint density at radius 3 is 2.87 bits per heavy atom. The molecule has 1 N–H and O–H groups in total. The van der Waals surface area contributed by atoms with Crippen molar-refractivity contribution in [3.8, 4) is 0 Å². The molecule has 0 spiro atoms. The van der Waals surface area contributed by atoms with E-state index in [2.05, 4.69) is 35.4 Å². The monoisotopic (exact) mass is 433 g/mol. The van der Waals surface area contributed by atoms with Crippen molar-refractivity contribution >= 4 is 29.9 Å². The molecule has 2 fully saturated rings. The number of aryl methyl sites for hydroxylation is 1. The first-order valence-corrected chi connectivity index (χ1v) is 8.19. The summed E-state index contributed by atoms with van der Waals surface area (Å²) < 4.78 is 7.20. The maximum atomic E-state index is 5.32. The summed E-state index contributed by atoms with van der Waals surface area (Å²) in [6, 6.07) is 0. The Morgan fingerprint density at radius 1 is 1.52 bits per heavy atom. The summed E-state index contributed by atoms with van der Waals surface area (Å²) in [4.78, 5) is 7.23. The van der Waals surface area contributed by atoms with Crippen LogP contribution in [0.2, 0.25) is 0 Å². The van der Waals surface area contributed by atoms with E-state index in [4.69, 9.17) is 9.73 Å². The van der Waals surface area contributed by atoms with Crippen molar-refractivity contribution in [2.75, 3.05) is 39.4 Å².